The Morgan fingerprint density at radius 3 is 2.38 bits per heavy atom. The zero-order chi connectivity index (χ0) is 15.8. The fraction of sp³-hybridized carbons (Fsp3) is 0.533. The van der Waals surface area contributed by atoms with Crippen molar-refractivity contribution in [3.05, 3.63) is 27.7 Å². The second-order valence-corrected chi connectivity index (χ2v) is 6.78. The number of carbonyl (C=O) groups excluding carboxylic acids is 1. The number of benzene rings is 1. The van der Waals surface area contributed by atoms with Crippen LogP contribution in [0, 0.1) is 0 Å². The van der Waals surface area contributed by atoms with E-state index < -0.39 is 0 Å². The van der Waals surface area contributed by atoms with Gasteiger partial charge in [-0.2, -0.15) is 0 Å². The van der Waals surface area contributed by atoms with Gasteiger partial charge in [0.2, 0.25) is 0 Å². The highest BCUT2D eigenvalue weighted by molar-refractivity contribution is 6.44. The number of nitrogen functional groups attached to an aromatic ring is 1. The van der Waals surface area contributed by atoms with Crippen molar-refractivity contribution in [2.24, 2.45) is 0 Å². The lowest BCUT2D eigenvalue weighted by molar-refractivity contribution is 0.0252. The number of hydrogen-bond donors (Lipinski definition) is 1. The van der Waals surface area contributed by atoms with Crippen molar-refractivity contribution in [1.29, 1.82) is 0 Å². The van der Waals surface area contributed by atoms with Crippen LogP contribution < -0.4 is 5.73 Å². The molecule has 1 aromatic rings. The molecule has 0 aromatic heterocycles. The number of likely N-dealkylation sites (N-methyl/N-ethyl adjacent to an activating group) is 2. The van der Waals surface area contributed by atoms with Crippen LogP contribution in [0.15, 0.2) is 12.1 Å². The minimum absolute atomic E-state index is 0.0704. The highest BCUT2D eigenvalue weighted by Gasteiger charge is 2.40. The SMILES string of the molecule is CN(CC1(N(C)C)CCC1)C(=O)c1cc(N)cc(Cl)c1Cl. The van der Waals surface area contributed by atoms with Gasteiger partial charge in [0.25, 0.3) is 5.91 Å². The fourth-order valence-electron chi connectivity index (χ4n) is 2.82. The maximum Gasteiger partial charge on any atom is 0.255 e. The minimum atomic E-state index is -0.151. The van der Waals surface area contributed by atoms with Gasteiger partial charge in [0.15, 0.2) is 0 Å². The normalized spacial score (nSPS) is 16.7. The summed E-state index contributed by atoms with van der Waals surface area (Å²) < 4.78 is 0. The second kappa shape index (κ2) is 6.03. The summed E-state index contributed by atoms with van der Waals surface area (Å²) in [5, 5.41) is 0.564. The summed E-state index contributed by atoms with van der Waals surface area (Å²) in [6.07, 6.45) is 3.40. The molecule has 1 aliphatic carbocycles. The molecule has 21 heavy (non-hydrogen) atoms. The van der Waals surface area contributed by atoms with Crippen molar-refractivity contribution in [2.75, 3.05) is 33.4 Å². The zero-order valence-corrected chi connectivity index (χ0v) is 14.1. The fourth-order valence-corrected chi connectivity index (χ4v) is 3.23. The first kappa shape index (κ1) is 16.4. The van der Waals surface area contributed by atoms with Gasteiger partial charge < -0.3 is 15.5 Å². The van der Waals surface area contributed by atoms with Crippen LogP contribution in [0.3, 0.4) is 0 Å². The molecule has 1 amide bonds. The maximum absolute atomic E-state index is 12.6. The van der Waals surface area contributed by atoms with Gasteiger partial charge in [0.05, 0.1) is 15.6 Å². The number of hydrogen-bond acceptors (Lipinski definition) is 3. The summed E-state index contributed by atoms with van der Waals surface area (Å²) in [6.45, 7) is 0.668. The Morgan fingerprint density at radius 2 is 1.90 bits per heavy atom. The van der Waals surface area contributed by atoms with Crippen molar-refractivity contribution in [3.8, 4) is 0 Å². The summed E-state index contributed by atoms with van der Waals surface area (Å²) in [5.74, 6) is -0.151. The monoisotopic (exact) mass is 329 g/mol. The Labute approximate surface area is 135 Å². The van der Waals surface area contributed by atoms with Crippen molar-refractivity contribution >= 4 is 34.8 Å². The van der Waals surface area contributed by atoms with Crippen LogP contribution in [0.25, 0.3) is 0 Å². The lowest BCUT2D eigenvalue weighted by Crippen LogP contribution is -2.57. The third-order valence-electron chi connectivity index (χ3n) is 4.39. The summed E-state index contributed by atoms with van der Waals surface area (Å²) in [6, 6.07) is 3.13. The van der Waals surface area contributed by atoms with Crippen LogP contribution in [-0.2, 0) is 0 Å². The van der Waals surface area contributed by atoms with Gasteiger partial charge in [-0.25, -0.2) is 0 Å². The van der Waals surface area contributed by atoms with E-state index in [2.05, 4.69) is 19.0 Å². The van der Waals surface area contributed by atoms with Crippen LogP contribution in [0.4, 0.5) is 5.69 Å². The minimum Gasteiger partial charge on any atom is -0.399 e. The van der Waals surface area contributed by atoms with Gasteiger partial charge in [0.1, 0.15) is 0 Å². The molecule has 2 rings (SSSR count). The van der Waals surface area contributed by atoms with E-state index in [4.69, 9.17) is 28.9 Å². The van der Waals surface area contributed by atoms with Crippen molar-refractivity contribution in [2.45, 2.75) is 24.8 Å². The molecular weight excluding hydrogens is 309 g/mol. The van der Waals surface area contributed by atoms with Crippen LogP contribution >= 0.6 is 23.2 Å². The van der Waals surface area contributed by atoms with Crippen LogP contribution in [0.2, 0.25) is 10.0 Å². The molecule has 116 valence electrons. The number of nitrogens with zero attached hydrogens (tertiary/aromatic N) is 2. The number of anilines is 1. The number of halogens is 2. The Bertz CT molecular complexity index is 556. The van der Waals surface area contributed by atoms with Gasteiger partial charge in [0, 0.05) is 24.8 Å². The molecule has 0 bridgehead atoms. The van der Waals surface area contributed by atoms with Crippen molar-refractivity contribution < 1.29 is 4.79 Å². The average molecular weight is 330 g/mol. The first-order valence-electron chi connectivity index (χ1n) is 6.94. The molecule has 1 saturated carbocycles. The molecule has 2 N–H and O–H groups in total. The van der Waals surface area contributed by atoms with E-state index in [1.165, 1.54) is 6.42 Å². The Balaban J connectivity index is 2.20. The number of nitrogens with two attached hydrogens (primary N) is 1. The van der Waals surface area contributed by atoms with Gasteiger partial charge in [-0.05, 0) is 45.5 Å². The highest BCUT2D eigenvalue weighted by Crippen LogP contribution is 2.37. The van der Waals surface area contributed by atoms with Gasteiger partial charge in [-0.3, -0.25) is 4.79 Å². The predicted octanol–water partition coefficient (Wildman–Crippen LogP) is 3.13. The first-order valence-corrected chi connectivity index (χ1v) is 7.70. The highest BCUT2D eigenvalue weighted by atomic mass is 35.5. The van der Waals surface area contributed by atoms with Gasteiger partial charge >= 0.3 is 0 Å². The summed E-state index contributed by atoms with van der Waals surface area (Å²) >= 11 is 12.1. The van der Waals surface area contributed by atoms with Gasteiger partial charge in [-0.1, -0.05) is 23.2 Å². The Hall–Kier alpha value is -0.970. The topological polar surface area (TPSA) is 49.6 Å². The van der Waals surface area contributed by atoms with E-state index in [-0.39, 0.29) is 16.5 Å². The molecule has 1 aromatic carbocycles. The lowest BCUT2D eigenvalue weighted by atomic mass is 9.75. The molecule has 0 aliphatic heterocycles. The van der Waals surface area contributed by atoms with Crippen LogP contribution in [0.5, 0.6) is 0 Å². The number of carbonyl (C=O) groups is 1. The summed E-state index contributed by atoms with van der Waals surface area (Å²) in [4.78, 5) is 16.5. The maximum atomic E-state index is 12.6. The molecule has 0 atom stereocenters. The molecule has 1 fully saturated rings. The molecular formula is C15H21Cl2N3O. The van der Waals surface area contributed by atoms with Gasteiger partial charge in [-0.15, -0.1) is 0 Å². The van der Waals surface area contributed by atoms with Crippen LogP contribution in [-0.4, -0.2) is 48.9 Å². The van der Waals surface area contributed by atoms with E-state index in [0.29, 0.717) is 22.8 Å². The Kier molecular flexibility index (Phi) is 4.71. The number of rotatable bonds is 4. The van der Waals surface area contributed by atoms with Crippen molar-refractivity contribution in [3.63, 3.8) is 0 Å². The van der Waals surface area contributed by atoms with E-state index in [1.807, 2.05) is 0 Å². The third-order valence-corrected chi connectivity index (χ3v) is 5.19. The molecule has 0 unspecified atom stereocenters. The molecule has 0 heterocycles. The van der Waals surface area contributed by atoms with E-state index in [9.17, 15) is 4.79 Å². The third kappa shape index (κ3) is 3.12. The molecule has 0 saturated heterocycles. The molecule has 0 spiro atoms. The summed E-state index contributed by atoms with van der Waals surface area (Å²) in [5.41, 5.74) is 6.62. The molecule has 4 nitrogen and oxygen atoms in total. The Morgan fingerprint density at radius 1 is 1.29 bits per heavy atom. The second-order valence-electron chi connectivity index (χ2n) is 6.00. The zero-order valence-electron chi connectivity index (χ0n) is 12.6. The van der Waals surface area contributed by atoms with E-state index in [0.717, 1.165) is 12.8 Å². The van der Waals surface area contributed by atoms with E-state index in [1.54, 1.807) is 24.1 Å². The lowest BCUT2D eigenvalue weighted by Gasteiger charge is -2.49. The quantitative estimate of drug-likeness (QED) is 0.863. The van der Waals surface area contributed by atoms with Crippen LogP contribution in [0.1, 0.15) is 29.6 Å². The standard InChI is InChI=1S/C15H21Cl2N3O/c1-19(2)15(5-4-6-15)9-20(3)14(21)11-7-10(18)8-12(16)13(11)17/h7-8H,4-6,9,18H2,1-3H3. The number of amides is 1. The molecule has 0 radical (unpaired) electrons. The van der Waals surface area contributed by atoms with Crippen molar-refractivity contribution in [1.82, 2.24) is 9.80 Å². The first-order chi connectivity index (χ1) is 9.77. The van der Waals surface area contributed by atoms with E-state index >= 15 is 0 Å². The molecule has 1 aliphatic rings. The largest absolute Gasteiger partial charge is 0.399 e. The predicted molar refractivity (Wildman–Crippen MR) is 88.1 cm³/mol. The smallest absolute Gasteiger partial charge is 0.255 e. The molecule has 6 heteroatoms. The average Bonchev–Trinajstić information content (AvgIpc) is 2.36. The summed E-state index contributed by atoms with van der Waals surface area (Å²) in [7, 11) is 5.91.